The van der Waals surface area contributed by atoms with Gasteiger partial charge in [-0.3, -0.25) is 4.98 Å². The number of benzene rings is 1. The van der Waals surface area contributed by atoms with Crippen molar-refractivity contribution in [3.05, 3.63) is 71.3 Å². The largest absolute Gasteiger partial charge is 0.325 e. The second-order valence-electron chi connectivity index (χ2n) is 5.55. The van der Waals surface area contributed by atoms with E-state index in [0.717, 1.165) is 36.3 Å². The van der Waals surface area contributed by atoms with Gasteiger partial charge in [-0.15, -0.1) is 5.10 Å². The second-order valence-corrected chi connectivity index (χ2v) is 5.55. The van der Waals surface area contributed by atoms with E-state index in [4.69, 9.17) is 5.73 Å². The Hall–Kier alpha value is -2.53. The van der Waals surface area contributed by atoms with E-state index in [1.165, 1.54) is 11.1 Å². The fourth-order valence-electron chi connectivity index (χ4n) is 2.68. The molecule has 0 fully saturated rings. The van der Waals surface area contributed by atoms with Crippen molar-refractivity contribution in [2.45, 2.75) is 32.7 Å². The van der Waals surface area contributed by atoms with Gasteiger partial charge in [0.1, 0.15) is 0 Å². The Balaban J connectivity index is 1.83. The Morgan fingerprint density at radius 2 is 1.70 bits per heavy atom. The van der Waals surface area contributed by atoms with E-state index in [0.29, 0.717) is 6.54 Å². The lowest BCUT2D eigenvalue weighted by atomic mass is 10.1. The van der Waals surface area contributed by atoms with Crippen molar-refractivity contribution < 1.29 is 0 Å². The number of aromatic nitrogens is 4. The summed E-state index contributed by atoms with van der Waals surface area (Å²) in [6, 6.07) is 12.5. The van der Waals surface area contributed by atoms with Crippen molar-refractivity contribution >= 4 is 0 Å². The molecular weight excluding hydrogens is 286 g/mol. The van der Waals surface area contributed by atoms with Crippen LogP contribution in [0.5, 0.6) is 0 Å². The summed E-state index contributed by atoms with van der Waals surface area (Å²) in [5.74, 6) is 0. The molecule has 3 rings (SSSR count). The molecule has 0 amide bonds. The first-order valence-corrected chi connectivity index (χ1v) is 7.93. The Kier molecular flexibility index (Phi) is 4.78. The van der Waals surface area contributed by atoms with Crippen LogP contribution in [0.3, 0.4) is 0 Å². The van der Waals surface area contributed by atoms with Crippen molar-refractivity contribution in [3.8, 4) is 5.69 Å². The lowest BCUT2D eigenvalue weighted by Crippen LogP contribution is -2.06. The molecule has 0 spiro atoms. The van der Waals surface area contributed by atoms with E-state index in [1.54, 1.807) is 0 Å². The van der Waals surface area contributed by atoms with Crippen LogP contribution in [0.15, 0.2) is 48.8 Å². The molecule has 0 aliphatic heterocycles. The van der Waals surface area contributed by atoms with E-state index in [2.05, 4.69) is 46.5 Å². The lowest BCUT2D eigenvalue weighted by molar-refractivity contribution is 0.745. The standard InChI is InChI=1S/C18H21N5/c1-2-3-18-17(13-19)21-22-23(18)16-6-4-14(5-7-16)12-15-8-10-20-11-9-15/h4-11H,2-3,12-13,19H2,1H3. The van der Waals surface area contributed by atoms with Gasteiger partial charge < -0.3 is 5.73 Å². The zero-order valence-corrected chi connectivity index (χ0v) is 13.3. The summed E-state index contributed by atoms with van der Waals surface area (Å²) in [4.78, 5) is 4.05. The van der Waals surface area contributed by atoms with Crippen molar-refractivity contribution in [3.63, 3.8) is 0 Å². The summed E-state index contributed by atoms with van der Waals surface area (Å²) in [5, 5.41) is 8.47. The van der Waals surface area contributed by atoms with Crippen LogP contribution < -0.4 is 5.73 Å². The summed E-state index contributed by atoms with van der Waals surface area (Å²) in [6.07, 6.45) is 6.52. The van der Waals surface area contributed by atoms with Crippen LogP contribution in [0.25, 0.3) is 5.69 Å². The van der Waals surface area contributed by atoms with E-state index >= 15 is 0 Å². The van der Waals surface area contributed by atoms with Gasteiger partial charge >= 0.3 is 0 Å². The normalized spacial score (nSPS) is 10.9. The first-order valence-electron chi connectivity index (χ1n) is 7.93. The molecule has 23 heavy (non-hydrogen) atoms. The summed E-state index contributed by atoms with van der Waals surface area (Å²) in [6.45, 7) is 2.57. The highest BCUT2D eigenvalue weighted by Crippen LogP contribution is 2.17. The molecule has 0 aliphatic carbocycles. The first kappa shape index (κ1) is 15.4. The minimum atomic E-state index is 0.426. The molecule has 118 valence electrons. The molecule has 0 saturated carbocycles. The number of rotatable bonds is 6. The summed E-state index contributed by atoms with van der Waals surface area (Å²) >= 11 is 0. The summed E-state index contributed by atoms with van der Waals surface area (Å²) in [7, 11) is 0. The topological polar surface area (TPSA) is 69.6 Å². The molecule has 2 N–H and O–H groups in total. The highest BCUT2D eigenvalue weighted by atomic mass is 15.4. The Morgan fingerprint density at radius 1 is 1.00 bits per heavy atom. The number of nitrogens with two attached hydrogens (primary N) is 1. The fourth-order valence-corrected chi connectivity index (χ4v) is 2.68. The van der Waals surface area contributed by atoms with Crippen molar-refractivity contribution in [2.24, 2.45) is 5.73 Å². The number of pyridine rings is 1. The third-order valence-electron chi connectivity index (χ3n) is 3.86. The highest BCUT2D eigenvalue weighted by molar-refractivity contribution is 5.37. The molecule has 1 aromatic carbocycles. The number of hydrogen-bond acceptors (Lipinski definition) is 4. The average molecular weight is 307 g/mol. The van der Waals surface area contributed by atoms with E-state index in [1.807, 2.05) is 29.2 Å². The second kappa shape index (κ2) is 7.15. The van der Waals surface area contributed by atoms with Crippen molar-refractivity contribution in [2.75, 3.05) is 0 Å². The third-order valence-corrected chi connectivity index (χ3v) is 3.86. The summed E-state index contributed by atoms with van der Waals surface area (Å²) < 4.78 is 1.90. The zero-order chi connectivity index (χ0) is 16.1. The van der Waals surface area contributed by atoms with Crippen LogP contribution in [0.1, 0.15) is 35.9 Å². The average Bonchev–Trinajstić information content (AvgIpc) is 3.00. The summed E-state index contributed by atoms with van der Waals surface area (Å²) in [5.41, 5.74) is 11.3. The van der Waals surface area contributed by atoms with Gasteiger partial charge in [-0.1, -0.05) is 30.7 Å². The maximum atomic E-state index is 5.76. The van der Waals surface area contributed by atoms with Gasteiger partial charge in [0.25, 0.3) is 0 Å². The quantitative estimate of drug-likeness (QED) is 0.760. The van der Waals surface area contributed by atoms with Gasteiger partial charge in [0, 0.05) is 18.9 Å². The zero-order valence-electron chi connectivity index (χ0n) is 13.3. The predicted octanol–water partition coefficient (Wildman–Crippen LogP) is 2.66. The molecule has 5 heteroatoms. The van der Waals surface area contributed by atoms with Crippen LogP contribution in [-0.4, -0.2) is 20.0 Å². The van der Waals surface area contributed by atoms with Gasteiger partial charge in [-0.2, -0.15) is 0 Å². The Morgan fingerprint density at radius 3 is 2.35 bits per heavy atom. The van der Waals surface area contributed by atoms with Crippen LogP contribution in [0.4, 0.5) is 0 Å². The Labute approximate surface area is 136 Å². The van der Waals surface area contributed by atoms with Gasteiger partial charge in [-0.05, 0) is 48.2 Å². The lowest BCUT2D eigenvalue weighted by Gasteiger charge is -2.08. The van der Waals surface area contributed by atoms with E-state index in [-0.39, 0.29) is 0 Å². The predicted molar refractivity (Wildman–Crippen MR) is 90.3 cm³/mol. The highest BCUT2D eigenvalue weighted by Gasteiger charge is 2.12. The van der Waals surface area contributed by atoms with Gasteiger partial charge in [-0.25, -0.2) is 4.68 Å². The van der Waals surface area contributed by atoms with Crippen LogP contribution in [0, 0.1) is 0 Å². The molecule has 5 nitrogen and oxygen atoms in total. The molecule has 2 heterocycles. The van der Waals surface area contributed by atoms with Gasteiger partial charge in [0.15, 0.2) is 0 Å². The number of hydrogen-bond donors (Lipinski definition) is 1. The Bertz CT molecular complexity index is 747. The SMILES string of the molecule is CCCc1c(CN)nnn1-c1ccc(Cc2ccncc2)cc1. The van der Waals surface area contributed by atoms with Crippen LogP contribution >= 0.6 is 0 Å². The monoisotopic (exact) mass is 307 g/mol. The molecule has 0 bridgehead atoms. The number of nitrogens with zero attached hydrogens (tertiary/aromatic N) is 4. The smallest absolute Gasteiger partial charge is 0.0999 e. The maximum Gasteiger partial charge on any atom is 0.0999 e. The molecule has 0 atom stereocenters. The molecule has 0 aliphatic rings. The minimum absolute atomic E-state index is 0.426. The van der Waals surface area contributed by atoms with Crippen LogP contribution in [-0.2, 0) is 19.4 Å². The van der Waals surface area contributed by atoms with E-state index < -0.39 is 0 Å². The fraction of sp³-hybridized carbons (Fsp3) is 0.278. The minimum Gasteiger partial charge on any atom is -0.325 e. The van der Waals surface area contributed by atoms with E-state index in [9.17, 15) is 0 Å². The first-order chi connectivity index (χ1) is 11.3. The molecule has 0 saturated heterocycles. The molecule has 0 radical (unpaired) electrons. The van der Waals surface area contributed by atoms with Crippen molar-refractivity contribution in [1.82, 2.24) is 20.0 Å². The molecular formula is C18H21N5. The van der Waals surface area contributed by atoms with Gasteiger partial charge in [0.2, 0.25) is 0 Å². The third kappa shape index (κ3) is 3.46. The van der Waals surface area contributed by atoms with Crippen molar-refractivity contribution in [1.29, 1.82) is 0 Å². The molecule has 3 aromatic rings. The molecule has 2 aromatic heterocycles. The molecule has 0 unspecified atom stereocenters. The maximum absolute atomic E-state index is 5.76. The van der Waals surface area contributed by atoms with Crippen LogP contribution in [0.2, 0.25) is 0 Å². The van der Waals surface area contributed by atoms with Gasteiger partial charge in [0.05, 0.1) is 17.1 Å².